The number of nitrogens with zero attached hydrogens (tertiary/aromatic N) is 1. The van der Waals surface area contributed by atoms with Crippen LogP contribution in [-0.4, -0.2) is 69.8 Å². The molecule has 1 aromatic rings. The number of hydrogen-bond acceptors (Lipinski definition) is 7. The van der Waals surface area contributed by atoms with Gasteiger partial charge in [0.1, 0.15) is 6.04 Å². The molecule has 148 valence electrons. The van der Waals surface area contributed by atoms with Crippen LogP contribution < -0.4 is 27.4 Å². The SMILES string of the molecule is NC(=O)CC(NC(=O)CNC(=O)CNC(=O)C(N)Cc1cnc[nH]1)C(=O)O. The van der Waals surface area contributed by atoms with Gasteiger partial charge in [0.2, 0.25) is 23.6 Å². The number of aromatic amines is 1. The van der Waals surface area contributed by atoms with Crippen LogP contribution in [-0.2, 0) is 30.4 Å². The highest BCUT2D eigenvalue weighted by atomic mass is 16.4. The summed E-state index contributed by atoms with van der Waals surface area (Å²) >= 11 is 0. The minimum atomic E-state index is -1.49. The normalized spacial score (nSPS) is 12.5. The number of rotatable bonds is 11. The van der Waals surface area contributed by atoms with E-state index in [0.29, 0.717) is 5.69 Å². The first-order valence-electron chi connectivity index (χ1n) is 7.76. The number of carboxylic acid groups (broad SMARTS) is 1. The Balaban J connectivity index is 2.31. The number of nitrogens with one attached hydrogen (secondary N) is 4. The van der Waals surface area contributed by atoms with Gasteiger partial charge in [-0.25, -0.2) is 9.78 Å². The average molecular weight is 383 g/mol. The Morgan fingerprint density at radius 1 is 1.15 bits per heavy atom. The smallest absolute Gasteiger partial charge is 0.326 e. The van der Waals surface area contributed by atoms with Crippen molar-refractivity contribution in [2.24, 2.45) is 11.5 Å². The Hall–Kier alpha value is -3.48. The third-order valence-corrected chi connectivity index (χ3v) is 3.24. The lowest BCUT2D eigenvalue weighted by atomic mass is 10.1. The van der Waals surface area contributed by atoms with Crippen LogP contribution in [0.2, 0.25) is 0 Å². The van der Waals surface area contributed by atoms with Gasteiger partial charge in [-0.3, -0.25) is 19.2 Å². The fraction of sp³-hybridized carbons (Fsp3) is 0.429. The van der Waals surface area contributed by atoms with E-state index in [0.717, 1.165) is 0 Å². The Bertz CT molecular complexity index is 690. The first-order chi connectivity index (χ1) is 12.7. The van der Waals surface area contributed by atoms with Crippen LogP contribution in [0.4, 0.5) is 0 Å². The minimum Gasteiger partial charge on any atom is -0.480 e. The number of carbonyl (C=O) groups excluding carboxylic acids is 4. The van der Waals surface area contributed by atoms with Gasteiger partial charge in [-0.1, -0.05) is 0 Å². The van der Waals surface area contributed by atoms with Crippen molar-refractivity contribution in [3.05, 3.63) is 18.2 Å². The van der Waals surface area contributed by atoms with Crippen LogP contribution in [0.3, 0.4) is 0 Å². The van der Waals surface area contributed by atoms with Crippen molar-refractivity contribution in [2.75, 3.05) is 13.1 Å². The van der Waals surface area contributed by atoms with Gasteiger partial charge < -0.3 is 37.5 Å². The average Bonchev–Trinajstić information content (AvgIpc) is 3.09. The van der Waals surface area contributed by atoms with Gasteiger partial charge >= 0.3 is 5.97 Å². The quantitative estimate of drug-likeness (QED) is 0.199. The highest BCUT2D eigenvalue weighted by molar-refractivity contribution is 5.92. The predicted octanol–water partition coefficient (Wildman–Crippen LogP) is -4.04. The number of aromatic nitrogens is 2. The molecule has 0 bridgehead atoms. The van der Waals surface area contributed by atoms with E-state index in [1.54, 1.807) is 0 Å². The fourth-order valence-electron chi connectivity index (χ4n) is 1.91. The Morgan fingerprint density at radius 2 is 1.81 bits per heavy atom. The number of nitrogens with two attached hydrogens (primary N) is 2. The van der Waals surface area contributed by atoms with Crippen LogP contribution in [0.15, 0.2) is 12.5 Å². The van der Waals surface area contributed by atoms with Crippen LogP contribution >= 0.6 is 0 Å². The lowest BCUT2D eigenvalue weighted by molar-refractivity contribution is -0.143. The summed E-state index contributed by atoms with van der Waals surface area (Å²) in [4.78, 5) is 63.3. The molecule has 13 heteroatoms. The summed E-state index contributed by atoms with van der Waals surface area (Å²) in [5.41, 5.74) is 11.2. The third kappa shape index (κ3) is 8.44. The molecule has 2 unspecified atom stereocenters. The molecule has 0 aliphatic heterocycles. The number of aliphatic carboxylic acids is 1. The van der Waals surface area contributed by atoms with Gasteiger partial charge in [-0.05, 0) is 0 Å². The number of carboxylic acids is 1. The van der Waals surface area contributed by atoms with E-state index in [1.807, 2.05) is 5.32 Å². The molecule has 1 rings (SSSR count). The topological polar surface area (TPSA) is 222 Å². The second-order valence-corrected chi connectivity index (χ2v) is 5.51. The highest BCUT2D eigenvalue weighted by Crippen LogP contribution is 1.96. The third-order valence-electron chi connectivity index (χ3n) is 3.24. The summed E-state index contributed by atoms with van der Waals surface area (Å²) in [6.45, 7) is -0.968. The maximum atomic E-state index is 11.8. The molecule has 1 aromatic heterocycles. The summed E-state index contributed by atoms with van der Waals surface area (Å²) in [5.74, 6) is -4.43. The van der Waals surface area contributed by atoms with E-state index < -0.39 is 61.2 Å². The lowest BCUT2D eigenvalue weighted by Crippen LogP contribution is -2.49. The van der Waals surface area contributed by atoms with E-state index in [9.17, 15) is 24.0 Å². The van der Waals surface area contributed by atoms with E-state index >= 15 is 0 Å². The van der Waals surface area contributed by atoms with Crippen LogP contribution in [0.5, 0.6) is 0 Å². The molecule has 27 heavy (non-hydrogen) atoms. The van der Waals surface area contributed by atoms with Crippen molar-refractivity contribution >= 4 is 29.6 Å². The summed E-state index contributed by atoms with van der Waals surface area (Å²) in [5, 5.41) is 15.4. The van der Waals surface area contributed by atoms with Crippen LogP contribution in [0, 0.1) is 0 Å². The zero-order valence-corrected chi connectivity index (χ0v) is 14.2. The Morgan fingerprint density at radius 3 is 2.37 bits per heavy atom. The summed E-state index contributed by atoms with van der Waals surface area (Å²) in [6, 6.07) is -2.39. The first-order valence-corrected chi connectivity index (χ1v) is 7.76. The van der Waals surface area contributed by atoms with Crippen molar-refractivity contribution in [3.63, 3.8) is 0 Å². The van der Waals surface area contributed by atoms with Crippen LogP contribution in [0.25, 0.3) is 0 Å². The predicted molar refractivity (Wildman–Crippen MR) is 89.7 cm³/mol. The number of imidazole rings is 1. The second-order valence-electron chi connectivity index (χ2n) is 5.51. The molecule has 0 aliphatic rings. The molecule has 0 aliphatic carbocycles. The van der Waals surface area contributed by atoms with Gasteiger partial charge in [0.05, 0.1) is 31.9 Å². The van der Waals surface area contributed by atoms with E-state index in [2.05, 4.69) is 20.6 Å². The zero-order chi connectivity index (χ0) is 20.4. The molecule has 1 heterocycles. The molecular formula is C14H21N7O6. The second kappa shape index (κ2) is 10.5. The monoisotopic (exact) mass is 383 g/mol. The summed E-state index contributed by atoms with van der Waals surface area (Å²) < 4.78 is 0. The van der Waals surface area contributed by atoms with Gasteiger partial charge in [-0.2, -0.15) is 0 Å². The first kappa shape index (κ1) is 21.6. The van der Waals surface area contributed by atoms with Crippen molar-refractivity contribution in [3.8, 4) is 0 Å². The number of carbonyl (C=O) groups is 5. The maximum absolute atomic E-state index is 11.8. The van der Waals surface area contributed by atoms with Crippen LogP contribution in [0.1, 0.15) is 12.1 Å². The zero-order valence-electron chi connectivity index (χ0n) is 14.2. The molecule has 2 atom stereocenters. The molecule has 0 saturated heterocycles. The molecule has 4 amide bonds. The highest BCUT2D eigenvalue weighted by Gasteiger charge is 2.22. The molecule has 9 N–H and O–H groups in total. The largest absolute Gasteiger partial charge is 0.480 e. The van der Waals surface area contributed by atoms with Gasteiger partial charge in [0, 0.05) is 18.3 Å². The molecule has 13 nitrogen and oxygen atoms in total. The Labute approximate surface area is 153 Å². The van der Waals surface area contributed by atoms with E-state index in [-0.39, 0.29) is 6.42 Å². The fourth-order valence-corrected chi connectivity index (χ4v) is 1.91. The van der Waals surface area contributed by atoms with Gasteiger partial charge in [0.25, 0.3) is 0 Å². The maximum Gasteiger partial charge on any atom is 0.326 e. The standard InChI is InChI=1S/C14H21N7O6/c15-8(1-7-3-17-6-20-7)13(25)19-4-11(23)18-5-12(24)21-9(14(26)27)2-10(16)22/h3,6,8-9H,1-2,4-5,15H2,(H2,16,22)(H,17,20)(H,18,23)(H,19,25)(H,21,24)(H,26,27). The minimum absolute atomic E-state index is 0.201. The van der Waals surface area contributed by atoms with Crippen molar-refractivity contribution in [1.29, 1.82) is 0 Å². The molecule has 0 aromatic carbocycles. The van der Waals surface area contributed by atoms with Gasteiger partial charge in [-0.15, -0.1) is 0 Å². The van der Waals surface area contributed by atoms with Crippen molar-refractivity contribution < 1.29 is 29.1 Å². The van der Waals surface area contributed by atoms with Gasteiger partial charge in [0.15, 0.2) is 0 Å². The number of H-pyrrole nitrogens is 1. The molecule has 0 spiro atoms. The molecule has 0 fully saturated rings. The molecule has 0 radical (unpaired) electrons. The number of hydrogen-bond donors (Lipinski definition) is 7. The summed E-state index contributed by atoms with van der Waals surface area (Å²) in [6.07, 6.45) is 2.57. The van der Waals surface area contributed by atoms with E-state index in [4.69, 9.17) is 16.6 Å². The lowest BCUT2D eigenvalue weighted by Gasteiger charge is -2.14. The molecule has 0 saturated carbocycles. The number of primary amides is 1. The number of amides is 4. The van der Waals surface area contributed by atoms with Crippen molar-refractivity contribution in [1.82, 2.24) is 25.9 Å². The summed E-state index contributed by atoms with van der Waals surface area (Å²) in [7, 11) is 0. The van der Waals surface area contributed by atoms with Crippen molar-refractivity contribution in [2.45, 2.75) is 24.9 Å². The van der Waals surface area contributed by atoms with E-state index in [1.165, 1.54) is 12.5 Å². The molecular weight excluding hydrogens is 362 g/mol. The Kier molecular flexibility index (Phi) is 8.38.